The van der Waals surface area contributed by atoms with Crippen LogP contribution in [-0.4, -0.2) is 46.0 Å². The number of nitrogens with one attached hydrogen (secondary N) is 1. The van der Waals surface area contributed by atoms with Gasteiger partial charge in [0.15, 0.2) is 5.69 Å². The Kier molecular flexibility index (Phi) is 4.61. The lowest BCUT2D eigenvalue weighted by atomic mass is 10.1. The Balaban J connectivity index is 2.18. The molecule has 23 heavy (non-hydrogen) atoms. The minimum Gasteiger partial charge on any atom is -0.444 e. The first-order valence-electron chi connectivity index (χ1n) is 7.29. The number of hydrogen-bond donors (Lipinski definition) is 1. The first kappa shape index (κ1) is 17.6. The molecular weight excluding hydrogens is 313 g/mol. The van der Waals surface area contributed by atoms with Crippen molar-refractivity contribution in [2.75, 3.05) is 19.6 Å². The van der Waals surface area contributed by atoms with Crippen molar-refractivity contribution in [2.24, 2.45) is 7.05 Å². The van der Waals surface area contributed by atoms with Crippen LogP contribution in [0.3, 0.4) is 0 Å². The van der Waals surface area contributed by atoms with Crippen LogP contribution in [0.2, 0.25) is 0 Å². The summed E-state index contributed by atoms with van der Waals surface area (Å²) in [5.41, 5.74) is -1.54. The van der Waals surface area contributed by atoms with Gasteiger partial charge in [-0.3, -0.25) is 4.68 Å². The number of nitrogens with zero attached hydrogens (tertiary/aromatic N) is 3. The topological polar surface area (TPSA) is 59.4 Å². The summed E-state index contributed by atoms with van der Waals surface area (Å²) in [5.74, 6) is 0. The Bertz CT molecular complexity index is 578. The van der Waals surface area contributed by atoms with E-state index in [4.69, 9.17) is 4.74 Å². The number of hydrogen-bond acceptors (Lipinski definition) is 4. The molecule has 1 aliphatic heterocycles. The van der Waals surface area contributed by atoms with Gasteiger partial charge < -0.3 is 15.0 Å². The van der Waals surface area contributed by atoms with E-state index in [-0.39, 0.29) is 12.1 Å². The molecule has 1 atom stereocenters. The fourth-order valence-corrected chi connectivity index (χ4v) is 2.43. The summed E-state index contributed by atoms with van der Waals surface area (Å²) in [6, 6.07) is -0.637. The lowest BCUT2D eigenvalue weighted by Crippen LogP contribution is -2.50. The van der Waals surface area contributed by atoms with Crippen molar-refractivity contribution in [1.82, 2.24) is 20.0 Å². The number of carbonyl (C=O) groups excluding carboxylic acids is 1. The molecule has 2 heterocycles. The van der Waals surface area contributed by atoms with Crippen molar-refractivity contribution in [3.63, 3.8) is 0 Å². The monoisotopic (exact) mass is 334 g/mol. The molecule has 1 fully saturated rings. The smallest absolute Gasteiger partial charge is 0.435 e. The minimum absolute atomic E-state index is 0.0354. The van der Waals surface area contributed by atoms with E-state index < -0.39 is 29.6 Å². The zero-order valence-corrected chi connectivity index (χ0v) is 13.6. The van der Waals surface area contributed by atoms with Gasteiger partial charge in [-0.2, -0.15) is 18.3 Å². The molecule has 1 aromatic heterocycles. The number of amides is 1. The highest BCUT2D eigenvalue weighted by molar-refractivity contribution is 5.68. The third-order valence-electron chi connectivity index (χ3n) is 3.33. The lowest BCUT2D eigenvalue weighted by Gasteiger charge is -2.35. The highest BCUT2D eigenvalue weighted by atomic mass is 19.4. The molecule has 1 saturated heterocycles. The van der Waals surface area contributed by atoms with Crippen molar-refractivity contribution in [1.29, 1.82) is 0 Å². The predicted molar refractivity (Wildman–Crippen MR) is 76.8 cm³/mol. The molecule has 1 N–H and O–H groups in total. The van der Waals surface area contributed by atoms with Crippen LogP contribution in [0, 0.1) is 0 Å². The fraction of sp³-hybridized carbons (Fsp3) is 0.714. The van der Waals surface area contributed by atoms with Gasteiger partial charge in [0.2, 0.25) is 0 Å². The number of ether oxygens (including phenoxy) is 1. The van der Waals surface area contributed by atoms with Crippen LogP contribution in [0.25, 0.3) is 0 Å². The SMILES string of the molecule is Cn1cc(C2CN(C(=O)OC(C)(C)C)CCN2)c(C(F)(F)F)n1. The standard InChI is InChI=1S/C14H21F3N4O2/c1-13(2,3)23-12(22)21-6-5-18-10(8-21)9-7-20(4)19-11(9)14(15,16)17/h7,10,18H,5-6,8H2,1-4H3. The molecule has 9 heteroatoms. The fourth-order valence-electron chi connectivity index (χ4n) is 2.43. The zero-order chi connectivity index (χ0) is 17.4. The molecule has 0 bridgehead atoms. The minimum atomic E-state index is -4.54. The molecule has 0 aromatic carbocycles. The molecule has 1 aromatic rings. The largest absolute Gasteiger partial charge is 0.444 e. The van der Waals surface area contributed by atoms with Gasteiger partial charge in [0.1, 0.15) is 5.60 Å². The normalized spacial score (nSPS) is 19.8. The predicted octanol–water partition coefficient (Wildman–Crippen LogP) is 2.32. The molecule has 0 radical (unpaired) electrons. The number of aromatic nitrogens is 2. The quantitative estimate of drug-likeness (QED) is 0.856. The molecule has 1 amide bonds. The van der Waals surface area contributed by atoms with Gasteiger partial charge in [-0.05, 0) is 20.8 Å². The lowest BCUT2D eigenvalue weighted by molar-refractivity contribution is -0.142. The molecular formula is C14H21F3N4O2. The third-order valence-corrected chi connectivity index (χ3v) is 3.33. The summed E-state index contributed by atoms with van der Waals surface area (Å²) in [6.45, 7) is 6.10. The van der Waals surface area contributed by atoms with Crippen LogP contribution < -0.4 is 5.32 Å². The Labute approximate surface area is 132 Å². The number of halogens is 3. The first-order chi connectivity index (χ1) is 10.5. The van der Waals surface area contributed by atoms with Gasteiger partial charge in [0, 0.05) is 38.4 Å². The molecule has 2 rings (SSSR count). The van der Waals surface area contributed by atoms with E-state index in [1.807, 2.05) is 0 Å². The average Bonchev–Trinajstić information content (AvgIpc) is 2.79. The van der Waals surface area contributed by atoms with Crippen molar-refractivity contribution in [2.45, 2.75) is 38.6 Å². The third kappa shape index (κ3) is 4.37. The number of piperazine rings is 1. The van der Waals surface area contributed by atoms with Gasteiger partial charge >= 0.3 is 12.3 Å². The van der Waals surface area contributed by atoms with E-state index in [0.717, 1.165) is 4.68 Å². The van der Waals surface area contributed by atoms with E-state index in [2.05, 4.69) is 10.4 Å². The van der Waals surface area contributed by atoms with Crippen LogP contribution in [0.5, 0.6) is 0 Å². The Morgan fingerprint density at radius 2 is 2.04 bits per heavy atom. The van der Waals surface area contributed by atoms with Gasteiger partial charge in [0.05, 0.1) is 6.04 Å². The van der Waals surface area contributed by atoms with Gasteiger partial charge in [-0.15, -0.1) is 0 Å². The summed E-state index contributed by atoms with van der Waals surface area (Å²) in [7, 11) is 1.44. The van der Waals surface area contributed by atoms with Crippen LogP contribution >= 0.6 is 0 Å². The van der Waals surface area contributed by atoms with Crippen molar-refractivity contribution in [3.8, 4) is 0 Å². The maximum absolute atomic E-state index is 13.1. The van der Waals surface area contributed by atoms with E-state index in [9.17, 15) is 18.0 Å². The first-order valence-corrected chi connectivity index (χ1v) is 7.29. The Morgan fingerprint density at radius 3 is 2.61 bits per heavy atom. The van der Waals surface area contributed by atoms with Crippen molar-refractivity contribution in [3.05, 3.63) is 17.5 Å². The number of rotatable bonds is 1. The van der Waals surface area contributed by atoms with Crippen LogP contribution in [0.4, 0.5) is 18.0 Å². The Morgan fingerprint density at radius 1 is 1.39 bits per heavy atom. The van der Waals surface area contributed by atoms with E-state index in [1.54, 1.807) is 20.8 Å². The molecule has 1 unspecified atom stereocenters. The van der Waals surface area contributed by atoms with Gasteiger partial charge in [-0.1, -0.05) is 0 Å². The highest BCUT2D eigenvalue weighted by Crippen LogP contribution is 2.34. The number of alkyl halides is 3. The molecule has 0 spiro atoms. The van der Waals surface area contributed by atoms with E-state index in [1.165, 1.54) is 18.1 Å². The Hall–Kier alpha value is -1.77. The summed E-state index contributed by atoms with van der Waals surface area (Å²) >= 11 is 0. The number of carbonyl (C=O) groups is 1. The molecule has 0 aliphatic carbocycles. The second-order valence-electron chi connectivity index (χ2n) is 6.54. The molecule has 1 aliphatic rings. The van der Waals surface area contributed by atoms with Gasteiger partial charge in [-0.25, -0.2) is 4.79 Å². The summed E-state index contributed by atoms with van der Waals surface area (Å²) < 4.78 is 45.7. The average molecular weight is 334 g/mol. The van der Waals surface area contributed by atoms with Crippen LogP contribution in [0.15, 0.2) is 6.20 Å². The maximum Gasteiger partial charge on any atom is 0.435 e. The maximum atomic E-state index is 13.1. The molecule has 130 valence electrons. The summed E-state index contributed by atoms with van der Waals surface area (Å²) in [6.07, 6.45) is -3.73. The zero-order valence-electron chi connectivity index (χ0n) is 13.6. The second kappa shape index (κ2) is 6.03. The highest BCUT2D eigenvalue weighted by Gasteiger charge is 2.40. The summed E-state index contributed by atoms with van der Waals surface area (Å²) in [4.78, 5) is 13.5. The van der Waals surface area contributed by atoms with Crippen LogP contribution in [-0.2, 0) is 18.0 Å². The summed E-state index contributed by atoms with van der Waals surface area (Å²) in [5, 5.41) is 6.51. The van der Waals surface area contributed by atoms with Crippen LogP contribution in [0.1, 0.15) is 38.1 Å². The van der Waals surface area contributed by atoms with Gasteiger partial charge in [0.25, 0.3) is 0 Å². The van der Waals surface area contributed by atoms with Crippen molar-refractivity contribution >= 4 is 6.09 Å². The molecule has 0 saturated carbocycles. The van der Waals surface area contributed by atoms with E-state index in [0.29, 0.717) is 13.1 Å². The van der Waals surface area contributed by atoms with E-state index >= 15 is 0 Å². The number of aryl methyl sites for hydroxylation is 1. The van der Waals surface area contributed by atoms with Crippen molar-refractivity contribution < 1.29 is 22.7 Å². The molecule has 6 nitrogen and oxygen atoms in total. The second-order valence-corrected chi connectivity index (χ2v) is 6.54.